The Balaban J connectivity index is 2.07. The van der Waals surface area contributed by atoms with Crippen molar-refractivity contribution in [2.75, 3.05) is 12.4 Å². The highest BCUT2D eigenvalue weighted by Gasteiger charge is 2.17. The molecule has 0 spiro atoms. The summed E-state index contributed by atoms with van der Waals surface area (Å²) in [7, 11) is 1.54. The van der Waals surface area contributed by atoms with E-state index in [0.29, 0.717) is 29.2 Å². The molecule has 1 unspecified atom stereocenters. The Bertz CT molecular complexity index is 774. The van der Waals surface area contributed by atoms with E-state index in [4.69, 9.17) is 9.47 Å². The van der Waals surface area contributed by atoms with Gasteiger partial charge in [0.2, 0.25) is 0 Å². The van der Waals surface area contributed by atoms with Crippen molar-refractivity contribution in [3.63, 3.8) is 0 Å². The van der Waals surface area contributed by atoms with Gasteiger partial charge in [0.15, 0.2) is 17.6 Å². The smallest absolute Gasteiger partial charge is 0.265 e. The molecule has 0 aliphatic rings. The van der Waals surface area contributed by atoms with E-state index in [2.05, 4.69) is 11.9 Å². The number of hydrogen-bond donors (Lipinski definition) is 1. The third kappa shape index (κ3) is 4.83. The topological polar surface area (TPSA) is 47.6 Å². The number of amides is 1. The van der Waals surface area contributed by atoms with Gasteiger partial charge in [-0.2, -0.15) is 0 Å². The molecule has 0 fully saturated rings. The number of ether oxygens (including phenoxy) is 2. The van der Waals surface area contributed by atoms with Crippen molar-refractivity contribution in [3.05, 3.63) is 66.0 Å². The number of anilines is 1. The minimum absolute atomic E-state index is 0.370. The molecule has 4 nitrogen and oxygen atoms in total. The number of rotatable bonds is 7. The minimum atomic E-state index is -0.775. The quantitative estimate of drug-likeness (QED) is 0.764. The second kappa shape index (κ2) is 8.33. The van der Waals surface area contributed by atoms with Crippen LogP contribution in [0.15, 0.2) is 49.1 Å². The minimum Gasteiger partial charge on any atom is -0.493 e. The summed E-state index contributed by atoms with van der Waals surface area (Å²) in [5.41, 5.74) is 1.94. The molecular weight excluding hydrogens is 321 g/mol. The zero-order valence-corrected chi connectivity index (χ0v) is 14.6. The molecule has 0 saturated heterocycles. The third-order valence-electron chi connectivity index (χ3n) is 3.72. The maximum absolute atomic E-state index is 13.6. The van der Waals surface area contributed by atoms with Crippen LogP contribution < -0.4 is 14.8 Å². The summed E-state index contributed by atoms with van der Waals surface area (Å²) in [6, 6.07) is 10.0. The van der Waals surface area contributed by atoms with Gasteiger partial charge < -0.3 is 14.8 Å². The van der Waals surface area contributed by atoms with Crippen molar-refractivity contribution in [1.82, 2.24) is 0 Å². The largest absolute Gasteiger partial charge is 0.493 e. The first-order chi connectivity index (χ1) is 11.9. The molecule has 0 saturated carbocycles. The summed E-state index contributed by atoms with van der Waals surface area (Å²) in [5, 5.41) is 2.64. The van der Waals surface area contributed by atoms with E-state index in [1.165, 1.54) is 6.07 Å². The van der Waals surface area contributed by atoms with Crippen LogP contribution in [0.25, 0.3) is 0 Å². The molecule has 0 aliphatic heterocycles. The zero-order chi connectivity index (χ0) is 18.4. The van der Waals surface area contributed by atoms with E-state index in [0.717, 1.165) is 5.56 Å². The Hall–Kier alpha value is -2.82. The summed E-state index contributed by atoms with van der Waals surface area (Å²) >= 11 is 0. The standard InChI is InChI=1S/C20H22FNO3/c1-5-6-15-8-10-18(19(11-15)24-4)25-14(3)20(23)22-16-9-7-13(2)17(21)12-16/h5,7-12,14H,1,6H2,2-4H3,(H,22,23). The molecule has 1 N–H and O–H groups in total. The van der Waals surface area contributed by atoms with Crippen molar-refractivity contribution in [3.8, 4) is 11.5 Å². The van der Waals surface area contributed by atoms with Crippen LogP contribution in [0.5, 0.6) is 11.5 Å². The first-order valence-electron chi connectivity index (χ1n) is 7.96. The Kier molecular flexibility index (Phi) is 6.17. The van der Waals surface area contributed by atoms with Crippen LogP contribution in [-0.2, 0) is 11.2 Å². The van der Waals surface area contributed by atoms with Crippen LogP contribution in [-0.4, -0.2) is 19.1 Å². The van der Waals surface area contributed by atoms with Gasteiger partial charge in [-0.3, -0.25) is 4.79 Å². The average molecular weight is 343 g/mol. The molecule has 2 aromatic carbocycles. The molecule has 0 radical (unpaired) electrons. The number of halogens is 1. The second-order valence-corrected chi connectivity index (χ2v) is 5.69. The number of methoxy groups -OCH3 is 1. The van der Waals surface area contributed by atoms with Gasteiger partial charge in [0.25, 0.3) is 5.91 Å². The molecule has 1 amide bonds. The normalized spacial score (nSPS) is 11.5. The molecule has 25 heavy (non-hydrogen) atoms. The van der Waals surface area contributed by atoms with Gasteiger partial charge in [0, 0.05) is 5.69 Å². The van der Waals surface area contributed by atoms with Crippen molar-refractivity contribution < 1.29 is 18.7 Å². The average Bonchev–Trinajstić information content (AvgIpc) is 2.59. The van der Waals surface area contributed by atoms with Gasteiger partial charge in [0.1, 0.15) is 5.82 Å². The summed E-state index contributed by atoms with van der Waals surface area (Å²) in [6.45, 7) is 6.99. The predicted octanol–water partition coefficient (Wildman–Crippen LogP) is 4.28. The second-order valence-electron chi connectivity index (χ2n) is 5.69. The van der Waals surface area contributed by atoms with Crippen molar-refractivity contribution >= 4 is 11.6 Å². The summed E-state index contributed by atoms with van der Waals surface area (Å²) in [5.74, 6) is 0.264. The van der Waals surface area contributed by atoms with Crippen molar-refractivity contribution in [2.24, 2.45) is 0 Å². The molecule has 5 heteroatoms. The molecule has 0 heterocycles. The van der Waals surface area contributed by atoms with E-state index >= 15 is 0 Å². The molecule has 0 bridgehead atoms. The van der Waals surface area contributed by atoms with Gasteiger partial charge in [0.05, 0.1) is 7.11 Å². The Morgan fingerprint density at radius 3 is 2.68 bits per heavy atom. The molecular formula is C20H22FNO3. The highest BCUT2D eigenvalue weighted by atomic mass is 19.1. The molecule has 2 aromatic rings. The number of nitrogens with one attached hydrogen (secondary N) is 1. The highest BCUT2D eigenvalue weighted by molar-refractivity contribution is 5.94. The van der Waals surface area contributed by atoms with E-state index in [1.54, 1.807) is 45.2 Å². The fourth-order valence-electron chi connectivity index (χ4n) is 2.26. The van der Waals surface area contributed by atoms with Gasteiger partial charge in [-0.15, -0.1) is 6.58 Å². The lowest BCUT2D eigenvalue weighted by atomic mass is 10.1. The fourth-order valence-corrected chi connectivity index (χ4v) is 2.26. The number of hydrogen-bond acceptors (Lipinski definition) is 3. The molecule has 132 valence electrons. The number of benzene rings is 2. The monoisotopic (exact) mass is 343 g/mol. The van der Waals surface area contributed by atoms with E-state index in [1.807, 2.05) is 12.1 Å². The maximum atomic E-state index is 13.6. The Morgan fingerprint density at radius 2 is 2.04 bits per heavy atom. The SMILES string of the molecule is C=CCc1ccc(OC(C)C(=O)Nc2ccc(C)c(F)c2)c(OC)c1. The summed E-state index contributed by atoms with van der Waals surface area (Å²) in [4.78, 5) is 12.3. The van der Waals surface area contributed by atoms with Crippen LogP contribution in [0.4, 0.5) is 10.1 Å². The third-order valence-corrected chi connectivity index (χ3v) is 3.72. The predicted molar refractivity (Wildman–Crippen MR) is 96.8 cm³/mol. The highest BCUT2D eigenvalue weighted by Crippen LogP contribution is 2.29. The molecule has 2 rings (SSSR count). The lowest BCUT2D eigenvalue weighted by Crippen LogP contribution is -2.30. The van der Waals surface area contributed by atoms with Gasteiger partial charge in [-0.25, -0.2) is 4.39 Å². The lowest BCUT2D eigenvalue weighted by molar-refractivity contribution is -0.122. The van der Waals surface area contributed by atoms with Gasteiger partial charge >= 0.3 is 0 Å². The van der Waals surface area contributed by atoms with Gasteiger partial charge in [-0.1, -0.05) is 18.2 Å². The first kappa shape index (κ1) is 18.5. The lowest BCUT2D eigenvalue weighted by Gasteiger charge is -2.17. The van der Waals surface area contributed by atoms with E-state index < -0.39 is 6.10 Å². The van der Waals surface area contributed by atoms with Crippen LogP contribution >= 0.6 is 0 Å². The van der Waals surface area contributed by atoms with Crippen LogP contribution in [0.3, 0.4) is 0 Å². The van der Waals surface area contributed by atoms with Crippen molar-refractivity contribution in [2.45, 2.75) is 26.4 Å². The molecule has 1 atom stereocenters. The van der Waals surface area contributed by atoms with Crippen LogP contribution in [0.2, 0.25) is 0 Å². The van der Waals surface area contributed by atoms with Crippen LogP contribution in [0, 0.1) is 12.7 Å². The summed E-state index contributed by atoms with van der Waals surface area (Å²) < 4.78 is 24.6. The Labute approximate surface area is 147 Å². The van der Waals surface area contributed by atoms with E-state index in [-0.39, 0.29) is 11.7 Å². The van der Waals surface area contributed by atoms with Gasteiger partial charge in [-0.05, 0) is 55.7 Å². The maximum Gasteiger partial charge on any atom is 0.265 e. The van der Waals surface area contributed by atoms with E-state index in [9.17, 15) is 9.18 Å². The number of aryl methyl sites for hydroxylation is 1. The summed E-state index contributed by atoms with van der Waals surface area (Å²) in [6.07, 6.45) is 1.74. The molecule has 0 aliphatic carbocycles. The number of allylic oxidation sites excluding steroid dienone is 1. The van der Waals surface area contributed by atoms with Crippen molar-refractivity contribution in [1.29, 1.82) is 0 Å². The number of carbonyl (C=O) groups excluding carboxylic acids is 1. The molecule has 0 aromatic heterocycles. The fraction of sp³-hybridized carbons (Fsp3) is 0.250. The van der Waals surface area contributed by atoms with Crippen LogP contribution in [0.1, 0.15) is 18.1 Å². The first-order valence-corrected chi connectivity index (χ1v) is 7.96. The zero-order valence-electron chi connectivity index (χ0n) is 14.6. The number of carbonyl (C=O) groups is 1. The Morgan fingerprint density at radius 1 is 1.28 bits per heavy atom.